The lowest BCUT2D eigenvalue weighted by molar-refractivity contribution is 0.263. The van der Waals surface area contributed by atoms with E-state index in [1.54, 1.807) is 6.07 Å². The average Bonchev–Trinajstić information content (AvgIpc) is 2.24. The molecule has 0 spiro atoms. The molecular formula is C11H16BrFN2. The summed E-state index contributed by atoms with van der Waals surface area (Å²) in [6.45, 7) is 3.43. The molecule has 0 fully saturated rings. The highest BCUT2D eigenvalue weighted by molar-refractivity contribution is 9.10. The fourth-order valence-electron chi connectivity index (χ4n) is 1.51. The van der Waals surface area contributed by atoms with E-state index < -0.39 is 0 Å². The van der Waals surface area contributed by atoms with Gasteiger partial charge in [0.15, 0.2) is 0 Å². The topological polar surface area (TPSA) is 29.3 Å². The van der Waals surface area contributed by atoms with Crippen molar-refractivity contribution in [1.82, 2.24) is 4.90 Å². The van der Waals surface area contributed by atoms with E-state index in [2.05, 4.69) is 27.8 Å². The van der Waals surface area contributed by atoms with E-state index in [-0.39, 0.29) is 11.9 Å². The monoisotopic (exact) mass is 274 g/mol. The van der Waals surface area contributed by atoms with Crippen LogP contribution in [0.1, 0.15) is 18.5 Å². The van der Waals surface area contributed by atoms with Crippen molar-refractivity contribution in [1.29, 1.82) is 0 Å². The predicted molar refractivity (Wildman–Crippen MR) is 64.2 cm³/mol. The maximum atomic E-state index is 13.3. The zero-order valence-electron chi connectivity index (χ0n) is 9.00. The van der Waals surface area contributed by atoms with Crippen molar-refractivity contribution in [3.05, 3.63) is 34.1 Å². The molecule has 0 aliphatic heterocycles. The first-order chi connectivity index (χ1) is 7.10. The molecule has 1 aromatic rings. The number of benzene rings is 1. The summed E-state index contributed by atoms with van der Waals surface area (Å²) in [5.74, 6) is -0.240. The molecule has 4 heteroatoms. The maximum Gasteiger partial charge on any atom is 0.137 e. The summed E-state index contributed by atoms with van der Waals surface area (Å²) in [4.78, 5) is 2.10. The molecule has 1 atom stereocenters. The van der Waals surface area contributed by atoms with Crippen LogP contribution >= 0.6 is 15.9 Å². The van der Waals surface area contributed by atoms with Crippen LogP contribution in [0.3, 0.4) is 0 Å². The fourth-order valence-corrected chi connectivity index (χ4v) is 1.76. The van der Waals surface area contributed by atoms with Gasteiger partial charge in [0.2, 0.25) is 0 Å². The van der Waals surface area contributed by atoms with Crippen LogP contribution in [0, 0.1) is 5.82 Å². The minimum absolute atomic E-state index is 0.0811. The minimum atomic E-state index is -0.240. The molecule has 84 valence electrons. The fraction of sp³-hybridized carbons (Fsp3) is 0.455. The number of likely N-dealkylation sites (N-methyl/N-ethyl adjacent to an activating group) is 1. The van der Waals surface area contributed by atoms with E-state index in [1.165, 1.54) is 6.07 Å². The Labute approximate surface area is 98.4 Å². The van der Waals surface area contributed by atoms with Gasteiger partial charge in [-0.1, -0.05) is 13.0 Å². The minimum Gasteiger partial charge on any atom is -0.329 e. The smallest absolute Gasteiger partial charge is 0.137 e. The van der Waals surface area contributed by atoms with Crippen LogP contribution in [-0.2, 0) is 0 Å². The molecule has 0 amide bonds. The van der Waals surface area contributed by atoms with Crippen LogP contribution in [0.4, 0.5) is 4.39 Å². The molecule has 0 saturated carbocycles. The first kappa shape index (κ1) is 12.6. The second kappa shape index (κ2) is 5.58. The number of nitrogens with zero attached hydrogens (tertiary/aromatic N) is 1. The summed E-state index contributed by atoms with van der Waals surface area (Å²) >= 11 is 3.13. The molecular weight excluding hydrogens is 259 g/mol. The highest BCUT2D eigenvalue weighted by Gasteiger charge is 2.15. The van der Waals surface area contributed by atoms with Crippen molar-refractivity contribution in [3.63, 3.8) is 0 Å². The average molecular weight is 275 g/mol. The van der Waals surface area contributed by atoms with Crippen molar-refractivity contribution in [2.75, 3.05) is 20.1 Å². The van der Waals surface area contributed by atoms with E-state index in [0.29, 0.717) is 11.0 Å². The summed E-state index contributed by atoms with van der Waals surface area (Å²) in [5, 5.41) is 0. The predicted octanol–water partition coefficient (Wildman–Crippen LogP) is 2.54. The highest BCUT2D eigenvalue weighted by Crippen LogP contribution is 2.23. The molecule has 1 unspecified atom stereocenters. The zero-order valence-corrected chi connectivity index (χ0v) is 10.6. The van der Waals surface area contributed by atoms with Crippen molar-refractivity contribution in [2.24, 2.45) is 5.73 Å². The van der Waals surface area contributed by atoms with Crippen LogP contribution in [0.15, 0.2) is 22.7 Å². The van der Waals surface area contributed by atoms with Crippen LogP contribution in [0.25, 0.3) is 0 Å². The standard InChI is InChI=1S/C11H16BrFN2/c1-3-15(2)11(7-14)8-4-5-9(12)10(13)6-8/h4-6,11H,3,7,14H2,1-2H3. The lowest BCUT2D eigenvalue weighted by Crippen LogP contribution is -2.30. The van der Waals surface area contributed by atoms with Gasteiger partial charge < -0.3 is 5.73 Å². The second-order valence-corrected chi connectivity index (χ2v) is 4.35. The third kappa shape index (κ3) is 3.00. The van der Waals surface area contributed by atoms with Crippen molar-refractivity contribution >= 4 is 15.9 Å². The Balaban J connectivity index is 2.97. The molecule has 0 heterocycles. The molecule has 2 nitrogen and oxygen atoms in total. The molecule has 0 bridgehead atoms. The van der Waals surface area contributed by atoms with Crippen LogP contribution in [-0.4, -0.2) is 25.0 Å². The Morgan fingerprint density at radius 1 is 1.53 bits per heavy atom. The summed E-state index contributed by atoms with van der Waals surface area (Å²) in [6, 6.07) is 5.24. The van der Waals surface area contributed by atoms with Crippen LogP contribution in [0.5, 0.6) is 0 Å². The zero-order chi connectivity index (χ0) is 11.4. The van der Waals surface area contributed by atoms with E-state index in [0.717, 1.165) is 12.1 Å². The van der Waals surface area contributed by atoms with E-state index >= 15 is 0 Å². The van der Waals surface area contributed by atoms with Gasteiger partial charge >= 0.3 is 0 Å². The van der Waals surface area contributed by atoms with Gasteiger partial charge in [0.05, 0.1) is 4.47 Å². The van der Waals surface area contributed by atoms with E-state index in [4.69, 9.17) is 5.73 Å². The van der Waals surface area contributed by atoms with Crippen LogP contribution < -0.4 is 5.73 Å². The van der Waals surface area contributed by atoms with E-state index in [1.807, 2.05) is 13.1 Å². The lowest BCUT2D eigenvalue weighted by atomic mass is 10.1. The summed E-state index contributed by atoms with van der Waals surface area (Å²) in [6.07, 6.45) is 0. The van der Waals surface area contributed by atoms with E-state index in [9.17, 15) is 4.39 Å². The molecule has 0 aliphatic rings. The van der Waals surface area contributed by atoms with Gasteiger partial charge in [0.1, 0.15) is 5.82 Å². The lowest BCUT2D eigenvalue weighted by Gasteiger charge is -2.26. The van der Waals surface area contributed by atoms with Gasteiger partial charge in [-0.2, -0.15) is 0 Å². The first-order valence-electron chi connectivity index (χ1n) is 4.95. The Morgan fingerprint density at radius 2 is 2.20 bits per heavy atom. The molecule has 15 heavy (non-hydrogen) atoms. The number of hydrogen-bond acceptors (Lipinski definition) is 2. The van der Waals surface area contributed by atoms with Crippen molar-refractivity contribution < 1.29 is 4.39 Å². The molecule has 0 aliphatic carbocycles. The van der Waals surface area contributed by atoms with Crippen molar-refractivity contribution in [2.45, 2.75) is 13.0 Å². The third-order valence-electron chi connectivity index (χ3n) is 2.58. The number of nitrogens with two attached hydrogens (primary N) is 1. The Bertz CT molecular complexity index is 330. The number of hydrogen-bond donors (Lipinski definition) is 1. The molecule has 1 rings (SSSR count). The van der Waals surface area contributed by atoms with Gasteiger partial charge in [-0.15, -0.1) is 0 Å². The van der Waals surface area contributed by atoms with Gasteiger partial charge in [0.25, 0.3) is 0 Å². The number of rotatable bonds is 4. The molecule has 0 saturated heterocycles. The number of halogens is 2. The molecule has 0 aromatic heterocycles. The third-order valence-corrected chi connectivity index (χ3v) is 3.23. The second-order valence-electron chi connectivity index (χ2n) is 3.50. The Hall–Kier alpha value is -0.450. The van der Waals surface area contributed by atoms with Gasteiger partial charge in [0, 0.05) is 12.6 Å². The first-order valence-corrected chi connectivity index (χ1v) is 5.74. The Kier molecular flexibility index (Phi) is 4.70. The highest BCUT2D eigenvalue weighted by atomic mass is 79.9. The Morgan fingerprint density at radius 3 is 2.67 bits per heavy atom. The normalized spacial score (nSPS) is 13.2. The van der Waals surface area contributed by atoms with Gasteiger partial charge in [-0.25, -0.2) is 4.39 Å². The summed E-state index contributed by atoms with van der Waals surface area (Å²) < 4.78 is 13.8. The SMILES string of the molecule is CCN(C)C(CN)c1ccc(Br)c(F)c1. The molecule has 1 aromatic carbocycles. The van der Waals surface area contributed by atoms with Gasteiger partial charge in [-0.3, -0.25) is 4.90 Å². The summed E-state index contributed by atoms with van der Waals surface area (Å²) in [5.41, 5.74) is 6.61. The van der Waals surface area contributed by atoms with Crippen LogP contribution in [0.2, 0.25) is 0 Å². The quantitative estimate of drug-likeness (QED) is 0.915. The largest absolute Gasteiger partial charge is 0.329 e. The molecule has 2 N–H and O–H groups in total. The molecule has 0 radical (unpaired) electrons. The van der Waals surface area contributed by atoms with Gasteiger partial charge in [-0.05, 0) is 47.2 Å². The summed E-state index contributed by atoms with van der Waals surface area (Å²) in [7, 11) is 1.98. The maximum absolute atomic E-state index is 13.3. The van der Waals surface area contributed by atoms with Crippen molar-refractivity contribution in [3.8, 4) is 0 Å².